The molecule has 2 rings (SSSR count). The number of hydrogen-bond acceptors (Lipinski definition) is 3. The predicted octanol–water partition coefficient (Wildman–Crippen LogP) is 4.57. The van der Waals surface area contributed by atoms with Gasteiger partial charge in [0.15, 0.2) is 6.10 Å². The van der Waals surface area contributed by atoms with Gasteiger partial charge in [0, 0.05) is 6.04 Å². The van der Waals surface area contributed by atoms with E-state index in [2.05, 4.69) is 39.8 Å². The van der Waals surface area contributed by atoms with Gasteiger partial charge in [-0.25, -0.2) is 0 Å². The van der Waals surface area contributed by atoms with Crippen LogP contribution in [-0.4, -0.2) is 6.04 Å². The highest BCUT2D eigenvalue weighted by atomic mass is 16.5. The first-order chi connectivity index (χ1) is 10.0. The highest BCUT2D eigenvalue weighted by Gasteiger charge is 2.23. The molecule has 0 spiro atoms. The maximum absolute atomic E-state index is 6.19. The third kappa shape index (κ3) is 3.67. The SMILES string of the molecule is CCC(N)C(Oc1ccc(C(C)C)c(C)c1)c1ccco1. The van der Waals surface area contributed by atoms with Gasteiger partial charge in [-0.1, -0.05) is 26.8 Å². The molecule has 3 nitrogen and oxygen atoms in total. The van der Waals surface area contributed by atoms with Gasteiger partial charge in [0.1, 0.15) is 11.5 Å². The largest absolute Gasteiger partial charge is 0.481 e. The zero-order valence-electron chi connectivity index (χ0n) is 13.3. The highest BCUT2D eigenvalue weighted by Crippen LogP contribution is 2.29. The molecule has 1 aromatic carbocycles. The van der Waals surface area contributed by atoms with Gasteiger partial charge in [-0.05, 0) is 54.7 Å². The van der Waals surface area contributed by atoms with Crippen LogP contribution in [-0.2, 0) is 0 Å². The van der Waals surface area contributed by atoms with Crippen molar-refractivity contribution in [2.75, 3.05) is 0 Å². The molecule has 0 aliphatic carbocycles. The highest BCUT2D eigenvalue weighted by molar-refractivity contribution is 5.36. The summed E-state index contributed by atoms with van der Waals surface area (Å²) in [6.45, 7) is 8.56. The Labute approximate surface area is 127 Å². The summed E-state index contributed by atoms with van der Waals surface area (Å²) in [7, 11) is 0. The summed E-state index contributed by atoms with van der Waals surface area (Å²) in [6.07, 6.45) is 2.23. The molecule has 1 heterocycles. The molecule has 0 fully saturated rings. The van der Waals surface area contributed by atoms with Crippen LogP contribution in [0.15, 0.2) is 41.0 Å². The van der Waals surface area contributed by atoms with E-state index in [9.17, 15) is 0 Å². The van der Waals surface area contributed by atoms with Crippen molar-refractivity contribution in [3.05, 3.63) is 53.5 Å². The van der Waals surface area contributed by atoms with Crippen LogP contribution >= 0.6 is 0 Å². The van der Waals surface area contributed by atoms with Crippen LogP contribution in [0, 0.1) is 6.92 Å². The van der Waals surface area contributed by atoms with Crippen molar-refractivity contribution >= 4 is 0 Å². The molecule has 2 unspecified atom stereocenters. The van der Waals surface area contributed by atoms with Crippen molar-refractivity contribution in [1.29, 1.82) is 0 Å². The Morgan fingerprint density at radius 3 is 2.52 bits per heavy atom. The molecule has 2 N–H and O–H groups in total. The van der Waals surface area contributed by atoms with Crippen LogP contribution in [0.4, 0.5) is 0 Å². The molecule has 0 aliphatic rings. The molecule has 1 aromatic heterocycles. The number of ether oxygens (including phenoxy) is 1. The van der Waals surface area contributed by atoms with E-state index in [1.165, 1.54) is 11.1 Å². The first-order valence-corrected chi connectivity index (χ1v) is 7.59. The van der Waals surface area contributed by atoms with Crippen LogP contribution in [0.3, 0.4) is 0 Å². The van der Waals surface area contributed by atoms with E-state index in [1.54, 1.807) is 6.26 Å². The second-order valence-electron chi connectivity index (χ2n) is 5.80. The molecule has 0 bridgehead atoms. The first-order valence-electron chi connectivity index (χ1n) is 7.59. The van der Waals surface area contributed by atoms with Crippen molar-refractivity contribution in [1.82, 2.24) is 0 Å². The van der Waals surface area contributed by atoms with Crippen LogP contribution in [0.5, 0.6) is 5.75 Å². The van der Waals surface area contributed by atoms with Gasteiger partial charge < -0.3 is 14.9 Å². The molecule has 2 atom stereocenters. The van der Waals surface area contributed by atoms with Gasteiger partial charge in [-0.3, -0.25) is 0 Å². The summed E-state index contributed by atoms with van der Waals surface area (Å²) in [5.41, 5.74) is 8.77. The topological polar surface area (TPSA) is 48.4 Å². The second kappa shape index (κ2) is 6.81. The first kappa shape index (κ1) is 15.6. The molecule has 0 aliphatic heterocycles. The lowest BCUT2D eigenvalue weighted by Crippen LogP contribution is -2.31. The minimum absolute atomic E-state index is 0.0961. The average Bonchev–Trinajstić information content (AvgIpc) is 2.97. The fraction of sp³-hybridized carbons (Fsp3) is 0.444. The van der Waals surface area contributed by atoms with Gasteiger partial charge >= 0.3 is 0 Å². The zero-order valence-corrected chi connectivity index (χ0v) is 13.3. The van der Waals surface area contributed by atoms with Crippen molar-refractivity contribution < 1.29 is 9.15 Å². The quantitative estimate of drug-likeness (QED) is 0.846. The van der Waals surface area contributed by atoms with Crippen molar-refractivity contribution in [2.45, 2.75) is 52.2 Å². The van der Waals surface area contributed by atoms with Crippen LogP contribution < -0.4 is 10.5 Å². The third-order valence-electron chi connectivity index (χ3n) is 3.81. The minimum Gasteiger partial charge on any atom is -0.481 e. The Hall–Kier alpha value is -1.74. The van der Waals surface area contributed by atoms with Crippen LogP contribution in [0.25, 0.3) is 0 Å². The maximum atomic E-state index is 6.19. The number of rotatable bonds is 6. The Morgan fingerprint density at radius 1 is 1.24 bits per heavy atom. The zero-order chi connectivity index (χ0) is 15.4. The minimum atomic E-state index is -0.255. The van der Waals surface area contributed by atoms with E-state index < -0.39 is 0 Å². The molecule has 0 amide bonds. The molecular formula is C18H25NO2. The van der Waals surface area contributed by atoms with E-state index >= 15 is 0 Å². The summed E-state index contributed by atoms with van der Waals surface area (Å²) < 4.78 is 11.6. The number of benzene rings is 1. The van der Waals surface area contributed by atoms with E-state index in [1.807, 2.05) is 18.2 Å². The maximum Gasteiger partial charge on any atom is 0.171 e. The molecular weight excluding hydrogens is 262 g/mol. The Morgan fingerprint density at radius 2 is 2.00 bits per heavy atom. The lowest BCUT2D eigenvalue weighted by atomic mass is 9.98. The number of hydrogen-bond donors (Lipinski definition) is 1. The summed E-state index contributed by atoms with van der Waals surface area (Å²) in [4.78, 5) is 0. The number of nitrogens with two attached hydrogens (primary N) is 1. The molecule has 0 saturated carbocycles. The summed E-state index contributed by atoms with van der Waals surface area (Å²) in [6, 6.07) is 9.90. The summed E-state index contributed by atoms with van der Waals surface area (Å²) >= 11 is 0. The van der Waals surface area contributed by atoms with Crippen molar-refractivity contribution in [3.8, 4) is 5.75 Å². The van der Waals surface area contributed by atoms with E-state index in [0.29, 0.717) is 5.92 Å². The average molecular weight is 287 g/mol. The second-order valence-corrected chi connectivity index (χ2v) is 5.80. The van der Waals surface area contributed by atoms with Crippen LogP contribution in [0.1, 0.15) is 56.1 Å². The van der Waals surface area contributed by atoms with Crippen molar-refractivity contribution in [2.24, 2.45) is 5.73 Å². The fourth-order valence-corrected chi connectivity index (χ4v) is 2.54. The number of aryl methyl sites for hydroxylation is 1. The Bertz CT molecular complexity index is 561. The van der Waals surface area contributed by atoms with Gasteiger partial charge in [0.2, 0.25) is 0 Å². The predicted molar refractivity (Wildman–Crippen MR) is 85.6 cm³/mol. The van der Waals surface area contributed by atoms with Crippen LogP contribution in [0.2, 0.25) is 0 Å². The van der Waals surface area contributed by atoms with Gasteiger partial charge in [0.05, 0.1) is 6.26 Å². The molecule has 0 radical (unpaired) electrons. The number of furan rings is 1. The lowest BCUT2D eigenvalue weighted by Gasteiger charge is -2.23. The Balaban J connectivity index is 2.23. The van der Waals surface area contributed by atoms with E-state index in [-0.39, 0.29) is 12.1 Å². The molecule has 3 heteroatoms. The van der Waals surface area contributed by atoms with Gasteiger partial charge in [-0.2, -0.15) is 0 Å². The summed E-state index contributed by atoms with van der Waals surface area (Å²) in [5.74, 6) is 2.12. The van der Waals surface area contributed by atoms with Crippen molar-refractivity contribution in [3.63, 3.8) is 0 Å². The van der Waals surface area contributed by atoms with Gasteiger partial charge in [-0.15, -0.1) is 0 Å². The summed E-state index contributed by atoms with van der Waals surface area (Å²) in [5, 5.41) is 0. The standard InChI is InChI=1S/C18H25NO2/c1-5-16(19)18(17-7-6-10-20-17)21-14-8-9-15(12(2)3)13(4)11-14/h6-12,16,18H,5,19H2,1-4H3. The fourth-order valence-electron chi connectivity index (χ4n) is 2.54. The smallest absolute Gasteiger partial charge is 0.171 e. The molecule has 2 aromatic rings. The molecule has 21 heavy (non-hydrogen) atoms. The van der Waals surface area contributed by atoms with E-state index in [0.717, 1.165) is 17.9 Å². The lowest BCUT2D eigenvalue weighted by molar-refractivity contribution is 0.144. The van der Waals surface area contributed by atoms with Gasteiger partial charge in [0.25, 0.3) is 0 Å². The monoisotopic (exact) mass is 287 g/mol. The Kier molecular flexibility index (Phi) is 5.07. The normalized spacial score (nSPS) is 14.2. The van der Waals surface area contributed by atoms with E-state index in [4.69, 9.17) is 14.9 Å². The third-order valence-corrected chi connectivity index (χ3v) is 3.81. The molecule has 114 valence electrons. The molecule has 0 saturated heterocycles.